The number of rotatable bonds is 12. The highest BCUT2D eigenvalue weighted by atomic mass is 16.6. The second kappa shape index (κ2) is 14.1. The lowest BCUT2D eigenvalue weighted by Gasteiger charge is -2.35. The van der Waals surface area contributed by atoms with Gasteiger partial charge in [0.2, 0.25) is 11.8 Å². The molecular weight excluding hydrogens is 446 g/mol. The van der Waals surface area contributed by atoms with Crippen molar-refractivity contribution in [3.8, 4) is 0 Å². The molecule has 0 bridgehead atoms. The molecule has 0 aromatic heterocycles. The van der Waals surface area contributed by atoms with E-state index in [-0.39, 0.29) is 31.0 Å². The summed E-state index contributed by atoms with van der Waals surface area (Å²) in [7, 11) is 0. The lowest BCUT2D eigenvalue weighted by atomic mass is 9.97. The molecule has 3 N–H and O–H groups in total. The summed E-state index contributed by atoms with van der Waals surface area (Å²) in [5.41, 5.74) is 1.03. The second-order valence-corrected chi connectivity index (χ2v) is 10.3. The van der Waals surface area contributed by atoms with Crippen molar-refractivity contribution in [1.82, 2.24) is 15.5 Å². The fourth-order valence-corrected chi connectivity index (χ4v) is 3.84. The minimum absolute atomic E-state index is 0.0617. The zero-order valence-corrected chi connectivity index (χ0v) is 22.7. The molecule has 0 aliphatic heterocycles. The van der Waals surface area contributed by atoms with Gasteiger partial charge in [-0.05, 0) is 57.6 Å². The van der Waals surface area contributed by atoms with Gasteiger partial charge in [-0.3, -0.25) is 9.59 Å². The fraction of sp³-hybridized carbons (Fsp3) is 0.667. The summed E-state index contributed by atoms with van der Waals surface area (Å²) in [4.78, 5) is 41.1. The van der Waals surface area contributed by atoms with E-state index in [1.54, 1.807) is 20.8 Å². The van der Waals surface area contributed by atoms with Crippen molar-refractivity contribution in [2.75, 3.05) is 13.2 Å². The van der Waals surface area contributed by atoms with Crippen LogP contribution < -0.4 is 10.6 Å². The number of carbonyl (C=O) groups excluding carboxylic acids is 3. The average molecular weight is 492 g/mol. The maximum absolute atomic E-state index is 13.8. The third kappa shape index (κ3) is 9.88. The van der Waals surface area contributed by atoms with Crippen molar-refractivity contribution in [3.63, 3.8) is 0 Å². The van der Waals surface area contributed by atoms with Crippen molar-refractivity contribution < 1.29 is 24.2 Å². The first-order chi connectivity index (χ1) is 16.3. The number of carbonyl (C=O) groups is 3. The quantitative estimate of drug-likeness (QED) is 0.410. The molecule has 3 amide bonds. The molecule has 0 heterocycles. The Bertz CT molecular complexity index is 817. The predicted octanol–water partition coefficient (Wildman–Crippen LogP) is 3.97. The number of hydrogen-bond acceptors (Lipinski definition) is 5. The maximum Gasteiger partial charge on any atom is 0.408 e. The van der Waals surface area contributed by atoms with Crippen LogP contribution in [-0.4, -0.2) is 58.8 Å². The van der Waals surface area contributed by atoms with E-state index >= 15 is 0 Å². The maximum atomic E-state index is 13.8. The van der Waals surface area contributed by atoms with Gasteiger partial charge in [0.15, 0.2) is 0 Å². The molecule has 1 aromatic rings. The van der Waals surface area contributed by atoms with Crippen LogP contribution in [0.4, 0.5) is 4.79 Å². The third-order valence-corrected chi connectivity index (χ3v) is 5.60. The average Bonchev–Trinajstić information content (AvgIpc) is 2.75. The van der Waals surface area contributed by atoms with Gasteiger partial charge < -0.3 is 25.4 Å². The van der Waals surface area contributed by atoms with Crippen LogP contribution in [0.5, 0.6) is 0 Å². The van der Waals surface area contributed by atoms with Crippen LogP contribution >= 0.6 is 0 Å². The molecule has 1 aromatic carbocycles. The zero-order valence-electron chi connectivity index (χ0n) is 22.7. The van der Waals surface area contributed by atoms with Gasteiger partial charge >= 0.3 is 6.09 Å². The first kappa shape index (κ1) is 30.4. The number of aliphatic hydroxyl groups is 1. The summed E-state index contributed by atoms with van der Waals surface area (Å²) in [5, 5.41) is 15.5. The van der Waals surface area contributed by atoms with E-state index in [4.69, 9.17) is 4.74 Å². The smallest absolute Gasteiger partial charge is 0.408 e. The van der Waals surface area contributed by atoms with Gasteiger partial charge in [0, 0.05) is 12.6 Å². The number of nitrogens with zero attached hydrogens (tertiary/aromatic N) is 1. The van der Waals surface area contributed by atoms with Crippen LogP contribution in [0.1, 0.15) is 85.4 Å². The van der Waals surface area contributed by atoms with Crippen molar-refractivity contribution in [3.05, 3.63) is 35.4 Å². The highest BCUT2D eigenvalue weighted by molar-refractivity contribution is 5.92. The summed E-state index contributed by atoms with van der Waals surface area (Å²) < 4.78 is 5.36. The topological polar surface area (TPSA) is 108 Å². The molecule has 0 radical (unpaired) electrons. The van der Waals surface area contributed by atoms with Gasteiger partial charge in [-0.1, -0.05) is 58.4 Å². The Labute approximate surface area is 210 Å². The number of aliphatic hydroxyl groups excluding tert-OH is 1. The molecule has 0 saturated heterocycles. The van der Waals surface area contributed by atoms with E-state index in [9.17, 15) is 19.5 Å². The lowest BCUT2D eigenvalue weighted by molar-refractivity contribution is -0.144. The minimum Gasteiger partial charge on any atom is -0.444 e. The third-order valence-electron chi connectivity index (χ3n) is 5.60. The van der Waals surface area contributed by atoms with Crippen molar-refractivity contribution in [1.29, 1.82) is 0 Å². The van der Waals surface area contributed by atoms with Gasteiger partial charge in [-0.2, -0.15) is 0 Å². The van der Waals surface area contributed by atoms with Crippen LogP contribution in [0, 0.1) is 5.92 Å². The van der Waals surface area contributed by atoms with Crippen LogP contribution in [0.15, 0.2) is 24.3 Å². The van der Waals surface area contributed by atoms with Gasteiger partial charge in [-0.15, -0.1) is 0 Å². The molecule has 3 unspecified atom stereocenters. The van der Waals surface area contributed by atoms with E-state index in [1.165, 1.54) is 4.90 Å². The van der Waals surface area contributed by atoms with Crippen LogP contribution in [0.2, 0.25) is 0 Å². The van der Waals surface area contributed by atoms with Gasteiger partial charge in [0.05, 0.1) is 6.61 Å². The van der Waals surface area contributed by atoms with Crippen molar-refractivity contribution >= 4 is 17.9 Å². The predicted molar refractivity (Wildman–Crippen MR) is 138 cm³/mol. The SMILES string of the molecule is CCCC(C)NC(=O)C(c1ccc(CC)cc1)N(CCO)C(=O)C(NC(=O)OC(C)(C)C)C(C)C. The molecule has 8 heteroatoms. The standard InChI is InChI=1S/C27H45N3O5/c1-9-11-19(5)28-24(32)23(21-14-12-20(10-2)13-15-21)30(16-17-31)25(33)22(18(3)4)29-26(34)35-27(6,7)8/h12-15,18-19,22-23,31H,9-11,16-17H2,1-8H3,(H,28,32)(H,29,34). The Morgan fingerprint density at radius 2 is 1.63 bits per heavy atom. The van der Waals surface area contributed by atoms with E-state index in [0.29, 0.717) is 5.56 Å². The first-order valence-electron chi connectivity index (χ1n) is 12.6. The number of alkyl carbamates (subject to hydrolysis) is 1. The molecule has 0 aliphatic rings. The Hall–Kier alpha value is -2.61. The van der Waals surface area contributed by atoms with Gasteiger partial charge in [0.25, 0.3) is 0 Å². The molecule has 1 rings (SSSR count). The molecule has 3 atom stereocenters. The summed E-state index contributed by atoms with van der Waals surface area (Å²) >= 11 is 0. The second-order valence-electron chi connectivity index (χ2n) is 10.3. The number of amides is 3. The highest BCUT2D eigenvalue weighted by Gasteiger charge is 2.37. The van der Waals surface area contributed by atoms with E-state index in [1.807, 2.05) is 58.9 Å². The molecule has 35 heavy (non-hydrogen) atoms. The molecule has 198 valence electrons. The molecule has 0 aliphatic carbocycles. The number of hydrogen-bond donors (Lipinski definition) is 3. The molecule has 0 spiro atoms. The van der Waals surface area contributed by atoms with Crippen LogP contribution in [0.25, 0.3) is 0 Å². The van der Waals surface area contributed by atoms with Crippen LogP contribution in [-0.2, 0) is 20.7 Å². The minimum atomic E-state index is -0.957. The van der Waals surface area contributed by atoms with Gasteiger partial charge in [0.1, 0.15) is 17.7 Å². The monoisotopic (exact) mass is 491 g/mol. The Kier molecular flexibility index (Phi) is 12.2. The Balaban J connectivity index is 3.41. The van der Waals surface area contributed by atoms with E-state index in [0.717, 1.165) is 24.8 Å². The number of aryl methyl sites for hydroxylation is 1. The lowest BCUT2D eigenvalue weighted by Crippen LogP contribution is -2.55. The Morgan fingerprint density at radius 3 is 2.09 bits per heavy atom. The van der Waals surface area contributed by atoms with E-state index < -0.39 is 29.7 Å². The van der Waals surface area contributed by atoms with Crippen molar-refractivity contribution in [2.24, 2.45) is 5.92 Å². The number of benzene rings is 1. The normalized spacial score (nSPS) is 14.1. The summed E-state index contributed by atoms with van der Waals surface area (Å²) in [6.45, 7) is 14.5. The van der Waals surface area contributed by atoms with Gasteiger partial charge in [-0.25, -0.2) is 4.79 Å². The Morgan fingerprint density at radius 1 is 1.03 bits per heavy atom. The number of nitrogens with one attached hydrogen (secondary N) is 2. The van der Waals surface area contributed by atoms with E-state index in [2.05, 4.69) is 10.6 Å². The summed E-state index contributed by atoms with van der Waals surface area (Å²) in [6.07, 6.45) is 1.85. The molecule has 0 saturated carbocycles. The summed E-state index contributed by atoms with van der Waals surface area (Å²) in [5.74, 6) is -1.05. The van der Waals surface area contributed by atoms with Crippen molar-refractivity contribution in [2.45, 2.75) is 98.4 Å². The van der Waals surface area contributed by atoms with Crippen LogP contribution in [0.3, 0.4) is 0 Å². The number of ether oxygens (including phenoxy) is 1. The zero-order chi connectivity index (χ0) is 26.8. The fourth-order valence-electron chi connectivity index (χ4n) is 3.84. The largest absolute Gasteiger partial charge is 0.444 e. The highest BCUT2D eigenvalue weighted by Crippen LogP contribution is 2.25. The molecular formula is C27H45N3O5. The first-order valence-corrected chi connectivity index (χ1v) is 12.6. The molecule has 0 fully saturated rings. The molecule has 8 nitrogen and oxygen atoms in total. The summed E-state index contributed by atoms with van der Waals surface area (Å²) in [6, 6.07) is 5.60.